The lowest BCUT2D eigenvalue weighted by Crippen LogP contribution is -2.48. The molecule has 22 heavy (non-hydrogen) atoms. The molecule has 0 aromatic heterocycles. The number of nitrogens with one attached hydrogen (secondary N) is 1. The number of carbonyl (C=O) groups is 1. The zero-order valence-corrected chi connectivity index (χ0v) is 14.5. The third kappa shape index (κ3) is 4.69. The lowest BCUT2D eigenvalue weighted by atomic mass is 9.85. The van der Waals surface area contributed by atoms with E-state index in [9.17, 15) is 4.79 Å². The van der Waals surface area contributed by atoms with E-state index >= 15 is 0 Å². The Morgan fingerprint density at radius 2 is 1.86 bits per heavy atom. The molecule has 4 heteroatoms. The van der Waals surface area contributed by atoms with Crippen LogP contribution in [0.15, 0.2) is 0 Å². The Morgan fingerprint density at radius 1 is 1.18 bits per heavy atom. The number of carbonyl (C=O) groups excluding carboxylic acids is 1. The van der Waals surface area contributed by atoms with E-state index in [0.29, 0.717) is 12.0 Å². The van der Waals surface area contributed by atoms with Crippen LogP contribution in [0.3, 0.4) is 0 Å². The van der Waals surface area contributed by atoms with Crippen molar-refractivity contribution >= 4 is 5.91 Å². The number of amides is 1. The Labute approximate surface area is 136 Å². The average molecular weight is 309 g/mol. The minimum atomic E-state index is 0.143. The van der Waals surface area contributed by atoms with Gasteiger partial charge in [-0.1, -0.05) is 33.1 Å². The van der Waals surface area contributed by atoms with Gasteiger partial charge in [0.05, 0.1) is 0 Å². The van der Waals surface area contributed by atoms with Gasteiger partial charge in [0, 0.05) is 24.5 Å². The Balaban J connectivity index is 1.88. The normalized spacial score (nSPS) is 28.0. The molecule has 4 nitrogen and oxygen atoms in total. The van der Waals surface area contributed by atoms with Gasteiger partial charge in [-0.25, -0.2) is 0 Å². The Kier molecular flexibility index (Phi) is 7.16. The van der Waals surface area contributed by atoms with Crippen molar-refractivity contribution in [1.82, 2.24) is 10.2 Å². The summed E-state index contributed by atoms with van der Waals surface area (Å²) in [4.78, 5) is 15.1. The maximum absolute atomic E-state index is 12.5. The molecule has 128 valence electrons. The number of rotatable bonds is 7. The van der Waals surface area contributed by atoms with Crippen molar-refractivity contribution in [3.63, 3.8) is 0 Å². The van der Waals surface area contributed by atoms with Crippen LogP contribution in [0.25, 0.3) is 0 Å². The van der Waals surface area contributed by atoms with E-state index in [1.807, 2.05) is 0 Å². The summed E-state index contributed by atoms with van der Waals surface area (Å²) in [5.41, 5.74) is 6.02. The highest BCUT2D eigenvalue weighted by atomic mass is 16.1. The second-order valence-electron chi connectivity index (χ2n) is 7.26. The molecule has 2 rings (SSSR count). The van der Waals surface area contributed by atoms with Crippen molar-refractivity contribution in [2.45, 2.75) is 77.3 Å². The van der Waals surface area contributed by atoms with Gasteiger partial charge in [-0.3, -0.25) is 9.69 Å². The molecule has 3 unspecified atom stereocenters. The highest BCUT2D eigenvalue weighted by Gasteiger charge is 2.30. The van der Waals surface area contributed by atoms with Crippen molar-refractivity contribution in [2.24, 2.45) is 17.6 Å². The first kappa shape index (κ1) is 17.7. The highest BCUT2D eigenvalue weighted by molar-refractivity contribution is 5.78. The monoisotopic (exact) mass is 309 g/mol. The van der Waals surface area contributed by atoms with E-state index in [4.69, 9.17) is 5.73 Å². The van der Waals surface area contributed by atoms with Crippen molar-refractivity contribution in [2.75, 3.05) is 19.6 Å². The molecular weight excluding hydrogens is 274 g/mol. The topological polar surface area (TPSA) is 58.4 Å². The molecule has 1 heterocycles. The molecule has 2 aliphatic rings. The van der Waals surface area contributed by atoms with Crippen molar-refractivity contribution in [3.05, 3.63) is 0 Å². The average Bonchev–Trinajstić information content (AvgIpc) is 3.05. The second kappa shape index (κ2) is 8.88. The minimum Gasteiger partial charge on any atom is -0.354 e. The van der Waals surface area contributed by atoms with Crippen LogP contribution < -0.4 is 11.1 Å². The standard InChI is InChI=1S/C18H35N3O/c1-3-14(4-2)17(21-10-5-6-11-21)13-20-18(22)15-8-7-9-16(19)12-15/h14-17H,3-13,19H2,1-2H3,(H,20,22). The lowest BCUT2D eigenvalue weighted by molar-refractivity contribution is -0.126. The molecule has 3 N–H and O–H groups in total. The molecule has 0 radical (unpaired) electrons. The van der Waals surface area contributed by atoms with Crippen LogP contribution in [0, 0.1) is 11.8 Å². The third-order valence-corrected chi connectivity index (χ3v) is 5.77. The Hall–Kier alpha value is -0.610. The molecule has 1 saturated heterocycles. The molecule has 2 fully saturated rings. The number of hydrogen-bond donors (Lipinski definition) is 2. The van der Waals surface area contributed by atoms with Gasteiger partial charge in [0.1, 0.15) is 0 Å². The third-order valence-electron chi connectivity index (χ3n) is 5.77. The van der Waals surface area contributed by atoms with Crippen molar-refractivity contribution in [1.29, 1.82) is 0 Å². The molecule has 1 aliphatic heterocycles. The summed E-state index contributed by atoms with van der Waals surface area (Å²) < 4.78 is 0. The van der Waals surface area contributed by atoms with Crippen LogP contribution in [-0.2, 0) is 4.79 Å². The molecule has 0 aromatic carbocycles. The molecule has 0 aromatic rings. The summed E-state index contributed by atoms with van der Waals surface area (Å²) in [5.74, 6) is 1.07. The summed E-state index contributed by atoms with van der Waals surface area (Å²) in [6.07, 6.45) is 9.06. The van der Waals surface area contributed by atoms with Gasteiger partial charge in [0.25, 0.3) is 0 Å². The fourth-order valence-electron chi connectivity index (χ4n) is 4.32. The first-order valence-electron chi connectivity index (χ1n) is 9.43. The fraction of sp³-hybridized carbons (Fsp3) is 0.944. The van der Waals surface area contributed by atoms with Gasteiger partial charge in [-0.05, 0) is 51.1 Å². The number of nitrogens with two attached hydrogens (primary N) is 1. The quantitative estimate of drug-likeness (QED) is 0.760. The zero-order valence-electron chi connectivity index (χ0n) is 14.5. The number of hydrogen-bond acceptors (Lipinski definition) is 3. The van der Waals surface area contributed by atoms with E-state index < -0.39 is 0 Å². The summed E-state index contributed by atoms with van der Waals surface area (Å²) in [7, 11) is 0. The van der Waals surface area contributed by atoms with Gasteiger partial charge in [0.2, 0.25) is 5.91 Å². The molecule has 1 saturated carbocycles. The van der Waals surface area contributed by atoms with E-state index in [1.54, 1.807) is 0 Å². The van der Waals surface area contributed by atoms with Gasteiger partial charge >= 0.3 is 0 Å². The van der Waals surface area contributed by atoms with Crippen molar-refractivity contribution in [3.8, 4) is 0 Å². The van der Waals surface area contributed by atoms with Crippen LogP contribution in [0.2, 0.25) is 0 Å². The van der Waals surface area contributed by atoms with Crippen LogP contribution >= 0.6 is 0 Å². The number of nitrogens with zero attached hydrogens (tertiary/aromatic N) is 1. The molecule has 0 spiro atoms. The van der Waals surface area contributed by atoms with Gasteiger partial charge in [0.15, 0.2) is 0 Å². The van der Waals surface area contributed by atoms with Gasteiger partial charge in [-0.15, -0.1) is 0 Å². The summed E-state index contributed by atoms with van der Waals surface area (Å²) in [6, 6.07) is 0.733. The smallest absolute Gasteiger partial charge is 0.223 e. The van der Waals surface area contributed by atoms with E-state index in [0.717, 1.165) is 32.2 Å². The highest BCUT2D eigenvalue weighted by Crippen LogP contribution is 2.25. The SMILES string of the molecule is CCC(CC)C(CNC(=O)C1CCCC(N)C1)N1CCCC1. The first-order valence-corrected chi connectivity index (χ1v) is 9.43. The minimum absolute atomic E-state index is 0.143. The van der Waals surface area contributed by atoms with Crippen LogP contribution in [0.5, 0.6) is 0 Å². The van der Waals surface area contributed by atoms with Crippen LogP contribution in [0.4, 0.5) is 0 Å². The van der Waals surface area contributed by atoms with Gasteiger partial charge < -0.3 is 11.1 Å². The summed E-state index contributed by atoms with van der Waals surface area (Å²) in [6.45, 7) is 7.77. The molecule has 0 bridgehead atoms. The first-order chi connectivity index (χ1) is 10.7. The zero-order chi connectivity index (χ0) is 15.9. The lowest BCUT2D eigenvalue weighted by Gasteiger charge is -2.34. The Morgan fingerprint density at radius 3 is 2.45 bits per heavy atom. The Bertz CT molecular complexity index is 335. The van der Waals surface area contributed by atoms with Crippen LogP contribution in [0.1, 0.15) is 65.2 Å². The molecule has 1 amide bonds. The van der Waals surface area contributed by atoms with E-state index in [-0.39, 0.29) is 17.9 Å². The largest absolute Gasteiger partial charge is 0.354 e. The maximum Gasteiger partial charge on any atom is 0.223 e. The fourth-order valence-corrected chi connectivity index (χ4v) is 4.32. The molecule has 3 atom stereocenters. The summed E-state index contributed by atoms with van der Waals surface area (Å²) in [5, 5.41) is 3.26. The van der Waals surface area contributed by atoms with E-state index in [1.165, 1.54) is 38.8 Å². The van der Waals surface area contributed by atoms with Crippen molar-refractivity contribution < 1.29 is 4.79 Å². The second-order valence-corrected chi connectivity index (χ2v) is 7.26. The molecular formula is C18H35N3O. The summed E-state index contributed by atoms with van der Waals surface area (Å²) >= 11 is 0. The predicted molar refractivity (Wildman–Crippen MR) is 91.6 cm³/mol. The van der Waals surface area contributed by atoms with Crippen LogP contribution in [-0.4, -0.2) is 42.5 Å². The predicted octanol–water partition coefficient (Wildman–Crippen LogP) is 2.52. The maximum atomic E-state index is 12.5. The molecule has 1 aliphatic carbocycles. The van der Waals surface area contributed by atoms with Gasteiger partial charge in [-0.2, -0.15) is 0 Å². The van der Waals surface area contributed by atoms with E-state index in [2.05, 4.69) is 24.1 Å². The number of likely N-dealkylation sites (tertiary alicyclic amines) is 1.